The minimum Gasteiger partial charge on any atom is -0.512 e. The maximum atomic E-state index is 13.4. The molecule has 4 aliphatic rings. The minimum absolute atomic E-state index is 0.166. The molecule has 0 radical (unpaired) electrons. The topological polar surface area (TPSA) is 182 Å². The van der Waals surface area contributed by atoms with Gasteiger partial charge in [-0.1, -0.05) is 12.2 Å². The summed E-state index contributed by atoms with van der Waals surface area (Å²) in [5.41, 5.74) is -0.226. The van der Waals surface area contributed by atoms with Gasteiger partial charge in [0.05, 0.1) is 17.6 Å². The van der Waals surface area contributed by atoms with Gasteiger partial charge in [-0.2, -0.15) is 0 Å². The van der Waals surface area contributed by atoms with Crippen LogP contribution in [-0.2, 0) is 14.4 Å². The molecule has 2 unspecified atom stereocenters. The highest BCUT2D eigenvalue weighted by molar-refractivity contribution is 6.22. The van der Waals surface area contributed by atoms with Gasteiger partial charge in [-0.15, -0.1) is 0 Å². The third kappa shape index (κ3) is 2.54. The molecule has 10 heteroatoms. The summed E-state index contributed by atoms with van der Waals surface area (Å²) in [5, 5.41) is 55.3. The quantitative estimate of drug-likeness (QED) is 0.306. The highest BCUT2D eigenvalue weighted by Crippen LogP contribution is 2.57. The molecule has 0 heterocycles. The van der Waals surface area contributed by atoms with Crippen LogP contribution in [0, 0.1) is 23.7 Å². The van der Waals surface area contributed by atoms with E-state index in [-0.39, 0.29) is 17.8 Å². The maximum Gasteiger partial charge on any atom is 0.255 e. The van der Waals surface area contributed by atoms with E-state index in [2.05, 4.69) is 0 Å². The van der Waals surface area contributed by atoms with Gasteiger partial charge < -0.3 is 31.3 Å². The number of likely N-dealkylation sites (N-methyl/N-ethyl adjacent to an activating group) is 1. The Balaban J connectivity index is 2.02. The SMILES string of the molecule is CN(C)[C@@H]1C(=O)C(C(N)=O)=C(O)[C@@]2(O)C(O)=C3C(=O)C4C(O)=CC=CC4[C@@](C)(O)[C@H]3C[C@@H]12. The molecule has 0 saturated heterocycles. The molecule has 0 aromatic rings. The Morgan fingerprint density at radius 1 is 1.12 bits per heavy atom. The Hall–Kier alpha value is -2.95. The molecule has 1 saturated carbocycles. The second kappa shape index (κ2) is 6.77. The number of hydrogen-bond acceptors (Lipinski definition) is 9. The number of Topliss-reactive ketones (excluding diaryl/α,β-unsaturated/α-hetero) is 2. The summed E-state index contributed by atoms with van der Waals surface area (Å²) in [4.78, 5) is 39.8. The first-order chi connectivity index (χ1) is 14.8. The van der Waals surface area contributed by atoms with E-state index in [9.17, 15) is 39.9 Å². The molecule has 1 amide bonds. The number of hydrogen-bond donors (Lipinski definition) is 6. The molecular weight excluding hydrogens is 420 g/mol. The van der Waals surface area contributed by atoms with Gasteiger partial charge in [-0.3, -0.25) is 19.3 Å². The van der Waals surface area contributed by atoms with E-state index >= 15 is 0 Å². The average molecular weight is 446 g/mol. The van der Waals surface area contributed by atoms with E-state index in [0.717, 1.165) is 0 Å². The molecule has 4 aliphatic carbocycles. The fraction of sp³-hybridized carbons (Fsp3) is 0.500. The molecule has 0 spiro atoms. The van der Waals surface area contributed by atoms with Crippen LogP contribution >= 0.6 is 0 Å². The van der Waals surface area contributed by atoms with Crippen molar-refractivity contribution in [2.75, 3.05) is 14.1 Å². The number of ketones is 2. The second-order valence-corrected chi connectivity index (χ2v) is 9.35. The molecule has 32 heavy (non-hydrogen) atoms. The van der Waals surface area contributed by atoms with Crippen LogP contribution in [0.15, 0.2) is 46.7 Å². The highest BCUT2D eigenvalue weighted by Gasteiger charge is 2.66. The standard InChI is InChI=1S/C22H26N2O8/c1-21(31)8-5-4-6-11(25)12(8)16(26)13-9(21)7-10-15(24(2)3)17(27)14(20(23)30)19(29)22(10,32)18(13)28/h4-6,8-10,12,15,25,28-29,31-32H,7H2,1-3H3,(H2,23,30)/t8?,9-,10-,12?,15-,21+,22-/m0/s1. The minimum atomic E-state index is -2.65. The molecule has 0 aromatic heterocycles. The van der Waals surface area contributed by atoms with Crippen molar-refractivity contribution in [1.29, 1.82) is 0 Å². The normalized spacial score (nSPS) is 41.3. The Morgan fingerprint density at radius 2 is 1.75 bits per heavy atom. The van der Waals surface area contributed by atoms with E-state index < -0.39 is 75.5 Å². The number of carbonyl (C=O) groups excluding carboxylic acids is 3. The predicted octanol–water partition coefficient (Wildman–Crippen LogP) is -0.446. The second-order valence-electron chi connectivity index (χ2n) is 9.35. The smallest absolute Gasteiger partial charge is 0.255 e. The summed E-state index contributed by atoms with van der Waals surface area (Å²) in [5.74, 6) is -9.45. The third-order valence-corrected chi connectivity index (χ3v) is 7.48. The number of aliphatic hydroxyl groups excluding tert-OH is 3. The van der Waals surface area contributed by atoms with Crippen molar-refractivity contribution in [2.45, 2.75) is 30.6 Å². The lowest BCUT2D eigenvalue weighted by Crippen LogP contribution is -2.66. The number of nitrogens with two attached hydrogens (primary N) is 1. The number of rotatable bonds is 2. The van der Waals surface area contributed by atoms with Gasteiger partial charge in [0.15, 0.2) is 17.2 Å². The van der Waals surface area contributed by atoms with E-state index in [1.807, 2.05) is 0 Å². The van der Waals surface area contributed by atoms with E-state index in [1.54, 1.807) is 6.08 Å². The molecule has 7 atom stereocenters. The fourth-order valence-electron chi connectivity index (χ4n) is 5.93. The Bertz CT molecular complexity index is 1070. The van der Waals surface area contributed by atoms with Crippen LogP contribution in [-0.4, -0.2) is 79.2 Å². The van der Waals surface area contributed by atoms with Crippen LogP contribution in [0.4, 0.5) is 0 Å². The van der Waals surface area contributed by atoms with Crippen molar-refractivity contribution >= 4 is 17.5 Å². The number of amides is 1. The summed E-state index contributed by atoms with van der Waals surface area (Å²) in [7, 11) is 3.04. The number of allylic oxidation sites excluding steroid dienone is 3. The zero-order valence-electron chi connectivity index (χ0n) is 17.8. The molecule has 1 fully saturated rings. The van der Waals surface area contributed by atoms with Gasteiger partial charge in [0.25, 0.3) is 5.91 Å². The molecular formula is C22H26N2O8. The zero-order valence-corrected chi connectivity index (χ0v) is 17.8. The van der Waals surface area contributed by atoms with Crippen molar-refractivity contribution < 1.29 is 39.9 Å². The predicted molar refractivity (Wildman–Crippen MR) is 110 cm³/mol. The van der Waals surface area contributed by atoms with Crippen LogP contribution in [0.25, 0.3) is 0 Å². The summed E-state index contributed by atoms with van der Waals surface area (Å²) in [6, 6.07) is -1.18. The van der Waals surface area contributed by atoms with Gasteiger partial charge in [0.2, 0.25) is 0 Å². The van der Waals surface area contributed by atoms with Gasteiger partial charge in [0, 0.05) is 23.3 Å². The summed E-state index contributed by atoms with van der Waals surface area (Å²) < 4.78 is 0. The molecule has 4 rings (SSSR count). The molecule has 0 aromatic carbocycles. The van der Waals surface area contributed by atoms with Gasteiger partial charge >= 0.3 is 0 Å². The maximum absolute atomic E-state index is 13.4. The first kappa shape index (κ1) is 22.3. The van der Waals surface area contributed by atoms with Crippen LogP contribution in [0.2, 0.25) is 0 Å². The van der Waals surface area contributed by atoms with Crippen molar-refractivity contribution in [2.24, 2.45) is 29.4 Å². The number of carbonyl (C=O) groups is 3. The lowest BCUT2D eigenvalue weighted by atomic mass is 9.52. The van der Waals surface area contributed by atoms with Crippen molar-refractivity contribution in [3.8, 4) is 0 Å². The molecule has 7 N–H and O–H groups in total. The third-order valence-electron chi connectivity index (χ3n) is 7.48. The van der Waals surface area contributed by atoms with Gasteiger partial charge in [-0.05, 0) is 33.5 Å². The first-order valence-electron chi connectivity index (χ1n) is 10.2. The number of fused-ring (bicyclic) bond motifs is 3. The summed E-state index contributed by atoms with van der Waals surface area (Å²) in [6.07, 6.45) is 4.25. The summed E-state index contributed by atoms with van der Waals surface area (Å²) >= 11 is 0. The average Bonchev–Trinajstić information content (AvgIpc) is 2.68. The number of nitrogens with zero attached hydrogens (tertiary/aromatic N) is 1. The Labute approximate surface area is 183 Å². The van der Waals surface area contributed by atoms with Crippen molar-refractivity contribution in [3.05, 3.63) is 46.7 Å². The lowest BCUT2D eigenvalue weighted by molar-refractivity contribution is -0.151. The Kier molecular flexibility index (Phi) is 4.71. The van der Waals surface area contributed by atoms with Crippen LogP contribution in [0.5, 0.6) is 0 Å². The van der Waals surface area contributed by atoms with Crippen molar-refractivity contribution in [3.63, 3.8) is 0 Å². The van der Waals surface area contributed by atoms with E-state index in [4.69, 9.17) is 5.73 Å². The van der Waals surface area contributed by atoms with Crippen LogP contribution in [0.3, 0.4) is 0 Å². The van der Waals surface area contributed by atoms with Crippen molar-refractivity contribution in [1.82, 2.24) is 4.90 Å². The zero-order chi connectivity index (χ0) is 23.9. The molecule has 10 nitrogen and oxygen atoms in total. The van der Waals surface area contributed by atoms with E-state index in [0.29, 0.717) is 0 Å². The first-order valence-corrected chi connectivity index (χ1v) is 10.2. The molecule has 0 bridgehead atoms. The summed E-state index contributed by atoms with van der Waals surface area (Å²) in [6.45, 7) is 1.46. The van der Waals surface area contributed by atoms with Gasteiger partial charge in [0.1, 0.15) is 22.9 Å². The largest absolute Gasteiger partial charge is 0.512 e. The monoisotopic (exact) mass is 446 g/mol. The van der Waals surface area contributed by atoms with E-state index in [1.165, 1.54) is 38.1 Å². The molecule has 172 valence electrons. The number of primary amides is 1. The van der Waals surface area contributed by atoms with Crippen LogP contribution < -0.4 is 5.73 Å². The van der Waals surface area contributed by atoms with Gasteiger partial charge in [-0.25, -0.2) is 0 Å². The fourth-order valence-corrected chi connectivity index (χ4v) is 5.93. The Morgan fingerprint density at radius 3 is 2.31 bits per heavy atom. The molecule has 0 aliphatic heterocycles. The number of aliphatic hydroxyl groups is 5. The van der Waals surface area contributed by atoms with Crippen LogP contribution in [0.1, 0.15) is 13.3 Å². The highest BCUT2D eigenvalue weighted by atomic mass is 16.4. The lowest BCUT2D eigenvalue weighted by Gasteiger charge is -2.55.